The molecule has 0 aliphatic rings. The molecule has 0 amide bonds. The van der Waals surface area contributed by atoms with Gasteiger partial charge < -0.3 is 20.6 Å². The lowest BCUT2D eigenvalue weighted by Gasteiger charge is -2.23. The SMILES string of the molecule is C[C@@](N)(C(=O)CCCCCC(=O)O)P(=O)(O)O. The molecule has 5 N–H and O–H groups in total. The molecule has 7 nitrogen and oxygen atoms in total. The molecule has 17 heavy (non-hydrogen) atoms. The van der Waals surface area contributed by atoms with Crippen molar-refractivity contribution in [2.45, 2.75) is 44.3 Å². The number of Topliss-reactive ketones (excluding diaryl/α,β-unsaturated/α-hetero) is 1. The summed E-state index contributed by atoms with van der Waals surface area (Å²) in [6, 6.07) is 0. The summed E-state index contributed by atoms with van der Waals surface area (Å²) < 4.78 is 10.9. The highest BCUT2D eigenvalue weighted by Gasteiger charge is 2.44. The van der Waals surface area contributed by atoms with Crippen LogP contribution in [0.3, 0.4) is 0 Å². The van der Waals surface area contributed by atoms with E-state index in [1.165, 1.54) is 0 Å². The highest BCUT2D eigenvalue weighted by molar-refractivity contribution is 7.54. The van der Waals surface area contributed by atoms with Crippen molar-refractivity contribution in [3.8, 4) is 0 Å². The first kappa shape index (κ1) is 16.2. The molecule has 0 bridgehead atoms. The second-order valence-corrected chi connectivity index (χ2v) is 6.09. The zero-order valence-corrected chi connectivity index (χ0v) is 10.5. The maximum Gasteiger partial charge on any atom is 0.352 e. The number of unbranched alkanes of at least 4 members (excludes halogenated alkanes) is 2. The Hall–Kier alpha value is -0.750. The number of carbonyl (C=O) groups is 2. The van der Waals surface area contributed by atoms with Crippen molar-refractivity contribution in [2.24, 2.45) is 5.73 Å². The van der Waals surface area contributed by atoms with Crippen LogP contribution in [-0.4, -0.2) is 31.9 Å². The largest absolute Gasteiger partial charge is 0.481 e. The van der Waals surface area contributed by atoms with Crippen LogP contribution in [0.15, 0.2) is 0 Å². The molecule has 0 aliphatic carbocycles. The molecular formula is C9H18NO6P. The maximum absolute atomic E-state index is 11.5. The number of carboxylic acid groups (broad SMARTS) is 1. The number of rotatable bonds is 8. The number of nitrogens with two attached hydrogens (primary N) is 1. The number of aliphatic carboxylic acids is 1. The molecular weight excluding hydrogens is 249 g/mol. The van der Waals surface area contributed by atoms with Gasteiger partial charge in [-0.25, -0.2) is 0 Å². The first-order valence-corrected chi connectivity index (χ1v) is 6.80. The third kappa shape index (κ3) is 5.41. The average Bonchev–Trinajstić information content (AvgIpc) is 2.14. The summed E-state index contributed by atoms with van der Waals surface area (Å²) in [7, 11) is -4.66. The van der Waals surface area contributed by atoms with E-state index in [0.29, 0.717) is 19.3 Å². The van der Waals surface area contributed by atoms with Gasteiger partial charge in [-0.3, -0.25) is 14.2 Å². The Morgan fingerprint density at radius 1 is 1.18 bits per heavy atom. The smallest absolute Gasteiger partial charge is 0.352 e. The zero-order valence-electron chi connectivity index (χ0n) is 9.63. The number of carbonyl (C=O) groups excluding carboxylic acids is 1. The Morgan fingerprint density at radius 2 is 1.65 bits per heavy atom. The van der Waals surface area contributed by atoms with Gasteiger partial charge in [-0.1, -0.05) is 6.42 Å². The molecule has 0 aliphatic heterocycles. The molecule has 100 valence electrons. The first-order chi connectivity index (χ1) is 7.59. The van der Waals surface area contributed by atoms with E-state index in [-0.39, 0.29) is 12.8 Å². The highest BCUT2D eigenvalue weighted by atomic mass is 31.2. The molecule has 0 heterocycles. The third-order valence-corrected chi connectivity index (χ3v) is 3.92. The maximum atomic E-state index is 11.5. The van der Waals surface area contributed by atoms with Crippen molar-refractivity contribution in [2.75, 3.05) is 0 Å². The molecule has 0 spiro atoms. The van der Waals surface area contributed by atoms with Gasteiger partial charge >= 0.3 is 13.6 Å². The van der Waals surface area contributed by atoms with Crippen LogP contribution in [0.5, 0.6) is 0 Å². The zero-order chi connectivity index (χ0) is 13.7. The molecule has 0 aromatic rings. The normalized spacial score (nSPS) is 15.3. The molecule has 0 unspecified atom stereocenters. The van der Waals surface area contributed by atoms with Crippen LogP contribution >= 0.6 is 7.60 Å². The molecule has 0 saturated heterocycles. The van der Waals surface area contributed by atoms with Crippen LogP contribution in [0.4, 0.5) is 0 Å². The molecule has 0 aromatic heterocycles. The fraction of sp³-hybridized carbons (Fsp3) is 0.778. The lowest BCUT2D eigenvalue weighted by atomic mass is 10.1. The van der Waals surface area contributed by atoms with Gasteiger partial charge in [0.05, 0.1) is 0 Å². The highest BCUT2D eigenvalue weighted by Crippen LogP contribution is 2.47. The average molecular weight is 267 g/mol. The van der Waals surface area contributed by atoms with Gasteiger partial charge in [-0.2, -0.15) is 0 Å². The molecule has 0 fully saturated rings. The molecule has 1 atom stereocenters. The monoisotopic (exact) mass is 267 g/mol. The van der Waals surface area contributed by atoms with E-state index < -0.39 is 24.6 Å². The van der Waals surface area contributed by atoms with Crippen LogP contribution in [0.2, 0.25) is 0 Å². The van der Waals surface area contributed by atoms with E-state index >= 15 is 0 Å². The quantitative estimate of drug-likeness (QED) is 0.369. The summed E-state index contributed by atoms with van der Waals surface area (Å²) in [4.78, 5) is 39.4. The fourth-order valence-corrected chi connectivity index (χ4v) is 1.59. The Morgan fingerprint density at radius 3 is 2.06 bits per heavy atom. The van der Waals surface area contributed by atoms with E-state index in [2.05, 4.69) is 0 Å². The third-order valence-electron chi connectivity index (χ3n) is 2.46. The standard InChI is InChI=1S/C9H18NO6P/c1-9(10,17(14,15)16)7(11)5-3-2-4-6-8(12)13/h2-6,10H2,1H3,(H,12,13)(H2,14,15,16)/t9-/m0/s1. The molecule has 0 radical (unpaired) electrons. The van der Waals surface area contributed by atoms with Crippen LogP contribution in [0.1, 0.15) is 39.0 Å². The minimum Gasteiger partial charge on any atom is -0.481 e. The van der Waals surface area contributed by atoms with Gasteiger partial charge in [-0.15, -0.1) is 0 Å². The van der Waals surface area contributed by atoms with Crippen LogP contribution < -0.4 is 5.73 Å². The predicted octanol–water partition coefficient (Wildman–Crippen LogP) is 0.443. The van der Waals surface area contributed by atoms with Crippen molar-refractivity contribution in [1.82, 2.24) is 0 Å². The molecule has 0 aromatic carbocycles. The Labute approximate surface area is 99.2 Å². The lowest BCUT2D eigenvalue weighted by Crippen LogP contribution is -2.44. The van der Waals surface area contributed by atoms with E-state index in [9.17, 15) is 14.2 Å². The summed E-state index contributed by atoms with van der Waals surface area (Å²) in [5.41, 5.74) is 5.29. The first-order valence-electron chi connectivity index (χ1n) is 5.18. The van der Waals surface area contributed by atoms with Gasteiger partial charge in [0.25, 0.3) is 0 Å². The summed E-state index contributed by atoms with van der Waals surface area (Å²) in [6.45, 7) is 1.01. The topological polar surface area (TPSA) is 138 Å². The van der Waals surface area contributed by atoms with Crippen LogP contribution in [-0.2, 0) is 14.2 Å². The van der Waals surface area contributed by atoms with Crippen molar-refractivity contribution in [3.63, 3.8) is 0 Å². The van der Waals surface area contributed by atoms with E-state index in [4.69, 9.17) is 20.6 Å². The summed E-state index contributed by atoms with van der Waals surface area (Å²) >= 11 is 0. The molecule has 8 heteroatoms. The van der Waals surface area contributed by atoms with E-state index in [1.54, 1.807) is 0 Å². The van der Waals surface area contributed by atoms with Gasteiger partial charge in [0, 0.05) is 12.8 Å². The molecule has 0 rings (SSSR count). The van der Waals surface area contributed by atoms with Crippen molar-refractivity contribution in [3.05, 3.63) is 0 Å². The fourth-order valence-electron chi connectivity index (χ4n) is 1.15. The van der Waals surface area contributed by atoms with Crippen LogP contribution in [0, 0.1) is 0 Å². The predicted molar refractivity (Wildman–Crippen MR) is 60.4 cm³/mol. The van der Waals surface area contributed by atoms with E-state index in [1.807, 2.05) is 0 Å². The van der Waals surface area contributed by atoms with Gasteiger partial charge in [0.2, 0.25) is 0 Å². The van der Waals surface area contributed by atoms with Crippen molar-refractivity contribution in [1.29, 1.82) is 0 Å². The van der Waals surface area contributed by atoms with Gasteiger partial charge in [0.15, 0.2) is 11.1 Å². The number of hydrogen-bond donors (Lipinski definition) is 4. The lowest BCUT2D eigenvalue weighted by molar-refractivity contribution is -0.137. The summed E-state index contributed by atoms with van der Waals surface area (Å²) in [5.74, 6) is -1.61. The Kier molecular flexibility index (Phi) is 5.98. The minimum atomic E-state index is -4.66. The number of ketones is 1. The summed E-state index contributed by atoms with van der Waals surface area (Å²) in [6.07, 6.45) is 1.28. The minimum absolute atomic E-state index is 0.0204. The van der Waals surface area contributed by atoms with Crippen LogP contribution in [0.25, 0.3) is 0 Å². The Balaban J connectivity index is 4.03. The number of hydrogen-bond acceptors (Lipinski definition) is 4. The Bertz CT molecular complexity index is 334. The van der Waals surface area contributed by atoms with E-state index in [0.717, 1.165) is 6.92 Å². The molecule has 0 saturated carbocycles. The second-order valence-electron chi connectivity index (χ2n) is 4.07. The second kappa shape index (κ2) is 6.26. The van der Waals surface area contributed by atoms with Gasteiger partial charge in [0.1, 0.15) is 0 Å². The van der Waals surface area contributed by atoms with Gasteiger partial charge in [-0.05, 0) is 19.8 Å². The number of carboxylic acids is 1. The van der Waals surface area contributed by atoms with Crippen molar-refractivity contribution >= 4 is 19.3 Å². The summed E-state index contributed by atoms with van der Waals surface area (Å²) in [5, 5.41) is 6.22. The van der Waals surface area contributed by atoms with Crippen molar-refractivity contribution < 1.29 is 29.0 Å².